The van der Waals surface area contributed by atoms with Crippen molar-refractivity contribution in [3.8, 4) is 0 Å². The lowest BCUT2D eigenvalue weighted by molar-refractivity contribution is -0.103. The van der Waals surface area contributed by atoms with Crippen LogP contribution in [0.2, 0.25) is 0 Å². The van der Waals surface area contributed by atoms with Crippen LogP contribution in [0.3, 0.4) is 0 Å². The van der Waals surface area contributed by atoms with E-state index < -0.39 is 5.41 Å². The summed E-state index contributed by atoms with van der Waals surface area (Å²) >= 11 is 0. The molecule has 0 spiro atoms. The molecule has 0 aliphatic heterocycles. The Hall–Kier alpha value is -1.76. The molecule has 16 unspecified atom stereocenters. The van der Waals surface area contributed by atoms with E-state index in [1.54, 1.807) is 0 Å². The maximum atomic E-state index is 5.78. The molecule has 0 aromatic rings. The summed E-state index contributed by atoms with van der Waals surface area (Å²) in [6.45, 7) is 37.7. The molecule has 0 bridgehead atoms. The molecule has 0 aromatic carbocycles. The summed E-state index contributed by atoms with van der Waals surface area (Å²) in [5.41, 5.74) is 111. The van der Waals surface area contributed by atoms with Gasteiger partial charge in [0.25, 0.3) is 0 Å². The second kappa shape index (κ2) is 98.8. The third-order valence-electron chi connectivity index (χ3n) is 14.4. The van der Waals surface area contributed by atoms with Crippen LogP contribution in [-0.4, -0.2) is 440 Å². The van der Waals surface area contributed by atoms with Gasteiger partial charge in [-0.05, 0) is 55.4 Å². The average Bonchev–Trinajstić information content (AvgIpc) is 0.864. The Morgan fingerprint density at radius 1 is 0.149 bits per heavy atom. The van der Waals surface area contributed by atoms with E-state index in [1.807, 2.05) is 55.4 Å². The van der Waals surface area contributed by atoms with Crippen molar-refractivity contribution < 1.29 is 114 Å². The lowest BCUT2D eigenvalue weighted by Crippen LogP contribution is -2.43. The third-order valence-corrected chi connectivity index (χ3v) is 14.4. The Bertz CT molecular complexity index is 1710. The SMILES string of the molecule is CC(N)COCC(COCC(COCC(C)N)OCC(C)N)OCC(C)N.CC(N)COCC(COCC(COCC(C)N)OCC(C)N)OCC(C)N.NCCOCC(COCC(COCCN)OCCN)OCCN.NCCOCC(COCC(COCCN)OCCN)OCCN.NCCOCC(COCCN)(COCCN)COCCN. The van der Waals surface area contributed by atoms with Crippen LogP contribution in [0, 0.1) is 5.41 Å². The van der Waals surface area contributed by atoms with E-state index in [4.69, 9.17) is 228 Å². The predicted molar refractivity (Wildman–Crippen MR) is 471 cm³/mol. The molecule has 0 fully saturated rings. The molecule has 0 heterocycles. The summed E-state index contributed by atoms with van der Waals surface area (Å²) < 4.78 is 134. The highest BCUT2D eigenvalue weighted by atomic mass is 16.6. The van der Waals surface area contributed by atoms with Gasteiger partial charge in [0.15, 0.2) is 0 Å². The number of rotatable bonds is 88. The first kappa shape index (κ1) is 128. The first-order chi connectivity index (χ1) is 58.2. The van der Waals surface area contributed by atoms with Crippen molar-refractivity contribution in [2.45, 2.75) is 153 Å². The fraction of sp³-hybridized carbons (Fsp3) is 1.00. The first-order valence-electron chi connectivity index (χ1n) is 42.8. The highest BCUT2D eigenvalue weighted by molar-refractivity contribution is 4.80. The Kier molecular flexibility index (Phi) is 104. The molecule has 44 nitrogen and oxygen atoms in total. The summed E-state index contributed by atoms with van der Waals surface area (Å²) in [5, 5.41) is 0. The summed E-state index contributed by atoms with van der Waals surface area (Å²) in [6, 6.07) is -0.360. The van der Waals surface area contributed by atoms with E-state index in [1.165, 1.54) is 0 Å². The van der Waals surface area contributed by atoms with Crippen LogP contribution in [0.5, 0.6) is 0 Å². The first-order valence-corrected chi connectivity index (χ1v) is 42.8. The zero-order valence-electron chi connectivity index (χ0n) is 75.9. The standard InChI is InChI=1S/2C18H42N4O5.2C14H34N4O5.C13H32N4O4/c2*1-13(19)5-23-9-17(26-7-15(3)21)11-25-12-18(27-8-16(4)22)10-24-6-14(2)20;2*15-1-5-19-9-13(22-7-3-17)11-21-12-14(23-8-4-18)10-20-6-2-16;14-1-5-18-9-13(10-19-6-2-15,11-20-7-3-16)12-21-8-4-17/h2*13-18H,5-12,19-22H2,1-4H3;2*13-14H,1-12,15-18H2;1-12,14-17H2. The van der Waals surface area contributed by atoms with Crippen LogP contribution in [-0.2, 0) is 114 Å². The lowest BCUT2D eigenvalue weighted by Gasteiger charge is -2.33. The van der Waals surface area contributed by atoms with Gasteiger partial charge in [-0.2, -0.15) is 0 Å². The van der Waals surface area contributed by atoms with Gasteiger partial charge in [0, 0.05) is 127 Å². The Morgan fingerprint density at radius 3 is 0.413 bits per heavy atom. The molecule has 0 aliphatic rings. The molecule has 736 valence electrons. The van der Waals surface area contributed by atoms with Crippen molar-refractivity contribution in [2.24, 2.45) is 120 Å². The van der Waals surface area contributed by atoms with E-state index in [9.17, 15) is 0 Å². The van der Waals surface area contributed by atoms with Crippen molar-refractivity contribution in [2.75, 3.05) is 343 Å². The van der Waals surface area contributed by atoms with Crippen LogP contribution in [0.15, 0.2) is 0 Å². The van der Waals surface area contributed by atoms with E-state index >= 15 is 0 Å². The molecule has 0 saturated carbocycles. The molecule has 16 atom stereocenters. The molecule has 0 aliphatic carbocycles. The quantitative estimate of drug-likeness (QED) is 0.0252. The van der Waals surface area contributed by atoms with E-state index in [0.29, 0.717) is 343 Å². The van der Waals surface area contributed by atoms with Gasteiger partial charge < -0.3 is 228 Å². The minimum atomic E-state index is -0.408. The van der Waals surface area contributed by atoms with Crippen LogP contribution in [0.25, 0.3) is 0 Å². The molecular formula is C77H184N20O24. The highest BCUT2D eigenvalue weighted by Gasteiger charge is 2.33. The number of nitrogens with two attached hydrogens (primary N) is 20. The van der Waals surface area contributed by atoms with Gasteiger partial charge in [-0.25, -0.2) is 0 Å². The van der Waals surface area contributed by atoms with Gasteiger partial charge in [0.1, 0.15) is 48.8 Å². The average molecular weight is 1770 g/mol. The Morgan fingerprint density at radius 2 is 0.273 bits per heavy atom. The van der Waals surface area contributed by atoms with Crippen molar-refractivity contribution in [1.82, 2.24) is 0 Å². The van der Waals surface area contributed by atoms with Crippen LogP contribution in [0.1, 0.15) is 55.4 Å². The van der Waals surface area contributed by atoms with Crippen molar-refractivity contribution in [3.05, 3.63) is 0 Å². The number of hydrogen-bond acceptors (Lipinski definition) is 44. The molecule has 0 radical (unpaired) electrons. The van der Waals surface area contributed by atoms with Crippen molar-refractivity contribution in [1.29, 1.82) is 0 Å². The molecule has 0 saturated heterocycles. The van der Waals surface area contributed by atoms with Gasteiger partial charge in [-0.3, -0.25) is 0 Å². The Balaban J connectivity index is -0.000000465. The second-order valence-electron chi connectivity index (χ2n) is 29.4. The molecular weight excluding hydrogens is 1590 g/mol. The normalized spacial score (nSPS) is 15.8. The molecule has 0 amide bonds. The Labute approximate surface area is 726 Å². The van der Waals surface area contributed by atoms with Gasteiger partial charge in [-0.15, -0.1) is 0 Å². The zero-order chi connectivity index (χ0) is 91.5. The number of ether oxygens (including phenoxy) is 24. The molecule has 121 heavy (non-hydrogen) atoms. The van der Waals surface area contributed by atoms with Crippen LogP contribution in [0.4, 0.5) is 0 Å². The summed E-state index contributed by atoms with van der Waals surface area (Å²) in [4.78, 5) is 0. The van der Waals surface area contributed by atoms with E-state index in [-0.39, 0.29) is 97.2 Å². The zero-order valence-corrected chi connectivity index (χ0v) is 75.9. The van der Waals surface area contributed by atoms with Crippen molar-refractivity contribution >= 4 is 0 Å². The minimum absolute atomic E-state index is 0.0295. The van der Waals surface area contributed by atoms with Gasteiger partial charge in [0.05, 0.1) is 270 Å². The van der Waals surface area contributed by atoms with E-state index in [2.05, 4.69) is 0 Å². The van der Waals surface area contributed by atoms with Crippen LogP contribution < -0.4 is 115 Å². The van der Waals surface area contributed by atoms with Gasteiger partial charge >= 0.3 is 0 Å². The second-order valence-corrected chi connectivity index (χ2v) is 29.4. The highest BCUT2D eigenvalue weighted by Crippen LogP contribution is 2.21. The fourth-order valence-electron chi connectivity index (χ4n) is 9.04. The molecule has 0 aromatic heterocycles. The maximum absolute atomic E-state index is 5.78. The maximum Gasteiger partial charge on any atom is 0.104 e. The lowest BCUT2D eigenvalue weighted by atomic mass is 9.92. The third kappa shape index (κ3) is 100. The topological polar surface area (TPSA) is 742 Å². The predicted octanol–water partition coefficient (Wildman–Crippen LogP) is -8.45. The van der Waals surface area contributed by atoms with Crippen LogP contribution >= 0.6 is 0 Å². The van der Waals surface area contributed by atoms with E-state index in [0.717, 1.165) is 0 Å². The monoisotopic (exact) mass is 1770 g/mol. The molecule has 44 heteroatoms. The minimum Gasteiger partial charge on any atom is -0.379 e. The largest absolute Gasteiger partial charge is 0.379 e. The van der Waals surface area contributed by atoms with Gasteiger partial charge in [-0.1, -0.05) is 0 Å². The fourth-order valence-corrected chi connectivity index (χ4v) is 9.04. The smallest absolute Gasteiger partial charge is 0.104 e. The van der Waals surface area contributed by atoms with Gasteiger partial charge in [0.2, 0.25) is 0 Å². The summed E-state index contributed by atoms with van der Waals surface area (Å²) in [6.07, 6.45) is -1.67. The summed E-state index contributed by atoms with van der Waals surface area (Å²) in [5.74, 6) is 0. The molecule has 40 N–H and O–H groups in total. The number of hydrogen-bond donors (Lipinski definition) is 20. The molecule has 0 rings (SSSR count). The summed E-state index contributed by atoms with van der Waals surface area (Å²) in [7, 11) is 0. The van der Waals surface area contributed by atoms with Crippen molar-refractivity contribution in [3.63, 3.8) is 0 Å².